The van der Waals surface area contributed by atoms with E-state index in [0.29, 0.717) is 36.0 Å². The quantitative estimate of drug-likeness (QED) is 0.251. The van der Waals surface area contributed by atoms with Crippen LogP contribution in [0.15, 0.2) is 54.9 Å². The number of piperidine rings is 1. The molecule has 2 heterocycles. The predicted molar refractivity (Wildman–Crippen MR) is 143 cm³/mol. The first-order valence-electron chi connectivity index (χ1n) is 12.1. The topological polar surface area (TPSA) is 88.6 Å². The Morgan fingerprint density at radius 3 is 2.83 bits per heavy atom. The third kappa shape index (κ3) is 6.81. The molecule has 3 aromatic rings. The van der Waals surface area contributed by atoms with Gasteiger partial charge in [0, 0.05) is 42.4 Å². The van der Waals surface area contributed by atoms with Crippen LogP contribution >= 0.6 is 0 Å². The maximum Gasteiger partial charge on any atom is 0.248 e. The van der Waals surface area contributed by atoms with Crippen LogP contribution in [-0.4, -0.2) is 60.7 Å². The van der Waals surface area contributed by atoms with Crippen molar-refractivity contribution in [3.05, 3.63) is 60.4 Å². The molecule has 0 unspecified atom stereocenters. The number of anilines is 3. The SMILES string of the molecule is C#Cc1cccc(Nc2ncnc3cc(OCCOC)c(NC(=O)C=CCN4CCCCC4)cc23)c1. The van der Waals surface area contributed by atoms with Gasteiger partial charge in [-0.1, -0.05) is 24.5 Å². The second-order valence-corrected chi connectivity index (χ2v) is 8.53. The van der Waals surface area contributed by atoms with Gasteiger partial charge in [-0.3, -0.25) is 9.69 Å². The third-order valence-electron chi connectivity index (χ3n) is 5.91. The molecule has 0 aliphatic carbocycles. The van der Waals surface area contributed by atoms with Crippen molar-refractivity contribution in [3.63, 3.8) is 0 Å². The highest BCUT2D eigenvalue weighted by atomic mass is 16.5. The smallest absolute Gasteiger partial charge is 0.248 e. The molecule has 1 aliphatic rings. The van der Waals surface area contributed by atoms with Crippen LogP contribution in [-0.2, 0) is 9.53 Å². The van der Waals surface area contributed by atoms with Gasteiger partial charge < -0.3 is 20.1 Å². The molecular weight excluding hydrogens is 454 g/mol. The van der Waals surface area contributed by atoms with Crippen molar-refractivity contribution >= 4 is 34.0 Å². The number of benzene rings is 2. The van der Waals surface area contributed by atoms with Crippen molar-refractivity contribution in [2.24, 2.45) is 0 Å². The lowest BCUT2D eigenvalue weighted by molar-refractivity contribution is -0.111. The lowest BCUT2D eigenvalue weighted by atomic mass is 10.1. The molecule has 4 rings (SSSR count). The summed E-state index contributed by atoms with van der Waals surface area (Å²) in [6, 6.07) is 11.1. The molecule has 0 atom stereocenters. The predicted octanol–water partition coefficient (Wildman–Crippen LogP) is 4.36. The summed E-state index contributed by atoms with van der Waals surface area (Å²) < 4.78 is 11.0. The van der Waals surface area contributed by atoms with Gasteiger partial charge in [0.25, 0.3) is 0 Å². The molecule has 2 N–H and O–H groups in total. The number of carbonyl (C=O) groups excluding carboxylic acids is 1. The number of nitrogens with zero attached hydrogens (tertiary/aromatic N) is 3. The molecule has 8 heteroatoms. The number of fused-ring (bicyclic) bond motifs is 1. The van der Waals surface area contributed by atoms with E-state index in [1.54, 1.807) is 19.3 Å². The molecule has 0 saturated carbocycles. The largest absolute Gasteiger partial charge is 0.489 e. The van der Waals surface area contributed by atoms with E-state index in [1.807, 2.05) is 36.4 Å². The Balaban J connectivity index is 1.58. The summed E-state index contributed by atoms with van der Waals surface area (Å²) in [6.45, 7) is 3.68. The van der Waals surface area contributed by atoms with E-state index in [9.17, 15) is 4.79 Å². The standard InChI is InChI=1S/C28H31N5O3/c1-3-21-9-7-10-22(17-21)31-28-23-18-25(26(36-16-15-35-2)19-24(23)29-20-30-28)32-27(34)11-8-14-33-12-5-4-6-13-33/h1,7-11,17-20H,4-6,12-16H2,2H3,(H,32,34)(H,29,30,31). The molecule has 1 aromatic heterocycles. The minimum atomic E-state index is -0.226. The maximum atomic E-state index is 12.8. The number of carbonyl (C=O) groups is 1. The van der Waals surface area contributed by atoms with E-state index in [-0.39, 0.29) is 5.91 Å². The Bertz CT molecular complexity index is 1260. The number of rotatable bonds is 10. The van der Waals surface area contributed by atoms with Crippen molar-refractivity contribution in [2.75, 3.05) is 50.6 Å². The minimum Gasteiger partial charge on any atom is -0.489 e. The maximum absolute atomic E-state index is 12.8. The van der Waals surface area contributed by atoms with Crippen molar-refractivity contribution in [2.45, 2.75) is 19.3 Å². The number of ether oxygens (including phenoxy) is 2. The van der Waals surface area contributed by atoms with Gasteiger partial charge in [-0.05, 0) is 50.2 Å². The highest BCUT2D eigenvalue weighted by molar-refractivity contribution is 6.03. The fraction of sp³-hybridized carbons (Fsp3) is 0.321. The number of terminal acetylenes is 1. The van der Waals surface area contributed by atoms with Gasteiger partial charge in [0.2, 0.25) is 5.91 Å². The van der Waals surface area contributed by atoms with E-state index in [0.717, 1.165) is 36.3 Å². The van der Waals surface area contributed by atoms with E-state index < -0.39 is 0 Å². The number of amides is 1. The Morgan fingerprint density at radius 1 is 1.17 bits per heavy atom. The molecule has 1 fully saturated rings. The van der Waals surface area contributed by atoms with E-state index in [4.69, 9.17) is 15.9 Å². The summed E-state index contributed by atoms with van der Waals surface area (Å²) in [5.74, 6) is 3.51. The van der Waals surface area contributed by atoms with Gasteiger partial charge in [-0.2, -0.15) is 0 Å². The van der Waals surface area contributed by atoms with Crippen molar-refractivity contribution < 1.29 is 14.3 Å². The van der Waals surface area contributed by atoms with Crippen LogP contribution < -0.4 is 15.4 Å². The van der Waals surface area contributed by atoms with Crippen LogP contribution in [0.1, 0.15) is 24.8 Å². The molecule has 0 radical (unpaired) electrons. The summed E-state index contributed by atoms with van der Waals surface area (Å²) in [4.78, 5) is 23.9. The summed E-state index contributed by atoms with van der Waals surface area (Å²) in [5.41, 5.74) is 2.77. The van der Waals surface area contributed by atoms with Gasteiger partial charge in [-0.15, -0.1) is 6.42 Å². The monoisotopic (exact) mass is 485 g/mol. The molecule has 1 aliphatic heterocycles. The number of aromatic nitrogens is 2. The Kier molecular flexibility index (Phi) is 8.87. The van der Waals surface area contributed by atoms with Crippen LogP contribution in [0.25, 0.3) is 10.9 Å². The van der Waals surface area contributed by atoms with Gasteiger partial charge in [0.1, 0.15) is 24.5 Å². The van der Waals surface area contributed by atoms with Crippen LogP contribution in [0.2, 0.25) is 0 Å². The summed E-state index contributed by atoms with van der Waals surface area (Å²) in [6.07, 6.45) is 14.2. The normalized spacial score (nSPS) is 14.0. The lowest BCUT2D eigenvalue weighted by Crippen LogP contribution is -2.29. The molecule has 36 heavy (non-hydrogen) atoms. The zero-order valence-electron chi connectivity index (χ0n) is 20.5. The summed E-state index contributed by atoms with van der Waals surface area (Å²) in [7, 11) is 1.61. The average molecular weight is 486 g/mol. The van der Waals surface area contributed by atoms with Crippen molar-refractivity contribution in [3.8, 4) is 18.1 Å². The molecule has 1 saturated heterocycles. The van der Waals surface area contributed by atoms with Gasteiger partial charge in [0.05, 0.1) is 17.8 Å². The number of hydrogen-bond acceptors (Lipinski definition) is 7. The van der Waals surface area contributed by atoms with Crippen LogP contribution in [0.4, 0.5) is 17.2 Å². The first-order valence-corrected chi connectivity index (χ1v) is 12.1. The zero-order chi connectivity index (χ0) is 25.2. The van der Waals surface area contributed by atoms with E-state index in [2.05, 4.69) is 31.4 Å². The van der Waals surface area contributed by atoms with Gasteiger partial charge in [-0.25, -0.2) is 9.97 Å². The highest BCUT2D eigenvalue weighted by Gasteiger charge is 2.14. The molecule has 186 valence electrons. The highest BCUT2D eigenvalue weighted by Crippen LogP contribution is 2.33. The number of hydrogen-bond donors (Lipinski definition) is 2. The number of nitrogens with one attached hydrogen (secondary N) is 2. The van der Waals surface area contributed by atoms with Crippen molar-refractivity contribution in [1.82, 2.24) is 14.9 Å². The minimum absolute atomic E-state index is 0.226. The fourth-order valence-corrected chi connectivity index (χ4v) is 4.08. The molecule has 0 spiro atoms. The molecule has 8 nitrogen and oxygen atoms in total. The van der Waals surface area contributed by atoms with E-state index >= 15 is 0 Å². The van der Waals surface area contributed by atoms with Crippen LogP contribution in [0.5, 0.6) is 5.75 Å². The van der Waals surface area contributed by atoms with Gasteiger partial charge in [0.15, 0.2) is 0 Å². The zero-order valence-corrected chi connectivity index (χ0v) is 20.5. The Hall–Kier alpha value is -3.93. The van der Waals surface area contributed by atoms with Crippen molar-refractivity contribution in [1.29, 1.82) is 0 Å². The van der Waals surface area contributed by atoms with Gasteiger partial charge >= 0.3 is 0 Å². The second kappa shape index (κ2) is 12.7. The Labute approximate surface area is 211 Å². The lowest BCUT2D eigenvalue weighted by Gasteiger charge is -2.24. The Morgan fingerprint density at radius 2 is 2.03 bits per heavy atom. The first-order chi connectivity index (χ1) is 17.7. The molecular formula is C28H31N5O3. The fourth-order valence-electron chi connectivity index (χ4n) is 4.08. The summed E-state index contributed by atoms with van der Waals surface area (Å²) >= 11 is 0. The van der Waals surface area contributed by atoms with E-state index in [1.165, 1.54) is 25.6 Å². The average Bonchev–Trinajstić information content (AvgIpc) is 2.90. The van der Waals surface area contributed by atoms with Crippen LogP contribution in [0.3, 0.4) is 0 Å². The number of likely N-dealkylation sites (tertiary alicyclic amines) is 1. The second-order valence-electron chi connectivity index (χ2n) is 8.53. The molecule has 0 bridgehead atoms. The number of methoxy groups -OCH3 is 1. The third-order valence-corrected chi connectivity index (χ3v) is 5.91. The molecule has 1 amide bonds. The summed E-state index contributed by atoms with van der Waals surface area (Å²) in [5, 5.41) is 6.99. The van der Waals surface area contributed by atoms with Crippen LogP contribution in [0, 0.1) is 12.3 Å². The first kappa shape index (κ1) is 25.2. The molecule has 2 aromatic carbocycles.